The van der Waals surface area contributed by atoms with Crippen LogP contribution in [0.25, 0.3) is 22.4 Å². The lowest BCUT2D eigenvalue weighted by Gasteiger charge is -2.33. The maximum absolute atomic E-state index is 13.3. The van der Waals surface area contributed by atoms with Crippen LogP contribution in [0.5, 0.6) is 0 Å². The van der Waals surface area contributed by atoms with Gasteiger partial charge in [-0.25, -0.2) is 4.98 Å². The van der Waals surface area contributed by atoms with E-state index in [9.17, 15) is 4.79 Å². The first-order valence-corrected chi connectivity index (χ1v) is 9.19. The second-order valence-electron chi connectivity index (χ2n) is 7.23. The highest BCUT2D eigenvalue weighted by molar-refractivity contribution is 6.09. The number of rotatable bonds is 2. The fraction of sp³-hybridized carbons (Fsp3) is 0.381. The normalized spacial score (nSPS) is 17.7. The molecule has 0 aliphatic carbocycles. The average molecular weight is 349 g/mol. The van der Waals surface area contributed by atoms with Crippen molar-refractivity contribution in [3.63, 3.8) is 0 Å². The summed E-state index contributed by atoms with van der Waals surface area (Å²) in [4.78, 5) is 19.8. The highest BCUT2D eigenvalue weighted by Crippen LogP contribution is 2.32. The first kappa shape index (κ1) is 16.8. The van der Waals surface area contributed by atoms with E-state index in [1.807, 2.05) is 49.1 Å². The molecular weight excluding hydrogens is 326 g/mol. The molecule has 0 unspecified atom stereocenters. The number of hydrogen-bond donors (Lipinski definition) is 0. The van der Waals surface area contributed by atoms with Crippen LogP contribution < -0.4 is 0 Å². The summed E-state index contributed by atoms with van der Waals surface area (Å²) in [5, 5.41) is 4.95. The van der Waals surface area contributed by atoms with E-state index in [4.69, 9.17) is 4.52 Å². The summed E-state index contributed by atoms with van der Waals surface area (Å²) in [5.74, 6) is 0.0456. The SMILES string of the molecule is Cc1ccc(-c2noc3nc(C)cc(C(=O)N4CCCC[C@H]4C)c23)cc1. The van der Waals surface area contributed by atoms with Crippen LogP contribution in [0.2, 0.25) is 0 Å². The van der Waals surface area contributed by atoms with Gasteiger partial charge < -0.3 is 9.42 Å². The summed E-state index contributed by atoms with van der Waals surface area (Å²) in [6, 6.07) is 10.2. The smallest absolute Gasteiger partial charge is 0.259 e. The van der Waals surface area contributed by atoms with Crippen molar-refractivity contribution in [1.29, 1.82) is 0 Å². The Morgan fingerprint density at radius 3 is 2.69 bits per heavy atom. The van der Waals surface area contributed by atoms with Gasteiger partial charge in [-0.1, -0.05) is 35.0 Å². The molecule has 0 radical (unpaired) electrons. The number of carbonyl (C=O) groups is 1. The number of likely N-dealkylation sites (tertiary alicyclic amines) is 1. The molecule has 0 spiro atoms. The number of hydrogen-bond acceptors (Lipinski definition) is 4. The predicted molar refractivity (Wildman–Crippen MR) is 101 cm³/mol. The number of aryl methyl sites for hydroxylation is 2. The van der Waals surface area contributed by atoms with Gasteiger partial charge in [0, 0.05) is 23.8 Å². The predicted octanol–water partition coefficient (Wildman–Crippen LogP) is 4.52. The molecule has 2 aromatic heterocycles. The van der Waals surface area contributed by atoms with Gasteiger partial charge in [0.2, 0.25) is 0 Å². The largest absolute Gasteiger partial charge is 0.336 e. The number of piperidine rings is 1. The molecule has 5 nitrogen and oxygen atoms in total. The molecule has 134 valence electrons. The molecule has 1 fully saturated rings. The van der Waals surface area contributed by atoms with Crippen LogP contribution in [0.4, 0.5) is 0 Å². The first-order chi connectivity index (χ1) is 12.5. The van der Waals surface area contributed by atoms with Gasteiger partial charge in [0.05, 0.1) is 10.9 Å². The molecule has 4 rings (SSSR count). The summed E-state index contributed by atoms with van der Waals surface area (Å²) in [6.45, 7) is 6.84. The Balaban J connectivity index is 1.87. The molecule has 1 aromatic carbocycles. The molecule has 3 heterocycles. The third-order valence-electron chi connectivity index (χ3n) is 5.19. The second kappa shape index (κ2) is 6.56. The van der Waals surface area contributed by atoms with Gasteiger partial charge in [0.15, 0.2) is 0 Å². The van der Waals surface area contributed by atoms with Crippen molar-refractivity contribution in [2.75, 3.05) is 6.54 Å². The number of fused-ring (bicyclic) bond motifs is 1. The number of aromatic nitrogens is 2. The molecule has 1 atom stereocenters. The van der Waals surface area contributed by atoms with Crippen LogP contribution >= 0.6 is 0 Å². The lowest BCUT2D eigenvalue weighted by Crippen LogP contribution is -2.42. The number of benzene rings is 1. The lowest BCUT2D eigenvalue weighted by atomic mass is 9.99. The first-order valence-electron chi connectivity index (χ1n) is 9.19. The van der Waals surface area contributed by atoms with E-state index in [2.05, 4.69) is 17.1 Å². The standard InChI is InChI=1S/C21H23N3O2/c1-13-7-9-16(10-8-13)19-18-17(12-14(2)22-20(18)26-23-19)21(25)24-11-5-4-6-15(24)3/h7-10,12,15H,4-6,11H2,1-3H3/t15-/m1/s1. The van der Waals surface area contributed by atoms with E-state index < -0.39 is 0 Å². The number of nitrogens with zero attached hydrogens (tertiary/aromatic N) is 3. The Labute approximate surface area is 153 Å². The van der Waals surface area contributed by atoms with Gasteiger partial charge in [-0.05, 0) is 46.1 Å². The minimum Gasteiger partial charge on any atom is -0.336 e. The number of amides is 1. The van der Waals surface area contributed by atoms with E-state index in [1.165, 1.54) is 12.0 Å². The van der Waals surface area contributed by atoms with Crippen LogP contribution in [0, 0.1) is 13.8 Å². The van der Waals surface area contributed by atoms with Gasteiger partial charge in [-0.3, -0.25) is 4.79 Å². The van der Waals surface area contributed by atoms with Crippen molar-refractivity contribution in [1.82, 2.24) is 15.0 Å². The van der Waals surface area contributed by atoms with Crippen LogP contribution in [0.15, 0.2) is 34.9 Å². The van der Waals surface area contributed by atoms with E-state index in [1.54, 1.807) is 0 Å². The Kier molecular flexibility index (Phi) is 4.23. The molecule has 0 saturated carbocycles. The average Bonchev–Trinajstić information content (AvgIpc) is 3.05. The van der Waals surface area contributed by atoms with E-state index >= 15 is 0 Å². The Morgan fingerprint density at radius 2 is 1.96 bits per heavy atom. The fourth-order valence-corrected chi connectivity index (χ4v) is 3.71. The Morgan fingerprint density at radius 1 is 1.19 bits per heavy atom. The van der Waals surface area contributed by atoms with Crippen molar-refractivity contribution in [3.8, 4) is 11.3 Å². The molecule has 1 aliphatic rings. The molecule has 3 aromatic rings. The van der Waals surface area contributed by atoms with Crippen molar-refractivity contribution in [2.24, 2.45) is 0 Å². The third-order valence-corrected chi connectivity index (χ3v) is 5.19. The van der Waals surface area contributed by atoms with Gasteiger partial charge >= 0.3 is 0 Å². The Bertz CT molecular complexity index is 959. The minimum absolute atomic E-state index is 0.0456. The van der Waals surface area contributed by atoms with E-state index in [0.29, 0.717) is 22.4 Å². The molecule has 26 heavy (non-hydrogen) atoms. The van der Waals surface area contributed by atoms with Gasteiger partial charge in [0.25, 0.3) is 11.6 Å². The highest BCUT2D eigenvalue weighted by atomic mass is 16.5. The summed E-state index contributed by atoms with van der Waals surface area (Å²) in [6.07, 6.45) is 3.28. The fourth-order valence-electron chi connectivity index (χ4n) is 3.71. The van der Waals surface area contributed by atoms with Crippen LogP contribution in [-0.4, -0.2) is 33.5 Å². The van der Waals surface area contributed by atoms with Gasteiger partial charge in [0.1, 0.15) is 5.69 Å². The van der Waals surface area contributed by atoms with E-state index in [0.717, 1.165) is 30.6 Å². The van der Waals surface area contributed by atoms with Gasteiger partial charge in [-0.2, -0.15) is 0 Å². The maximum Gasteiger partial charge on any atom is 0.259 e. The maximum atomic E-state index is 13.3. The van der Waals surface area contributed by atoms with Gasteiger partial charge in [-0.15, -0.1) is 0 Å². The summed E-state index contributed by atoms with van der Waals surface area (Å²) in [7, 11) is 0. The molecule has 1 amide bonds. The summed E-state index contributed by atoms with van der Waals surface area (Å²) in [5.41, 5.74) is 4.61. The van der Waals surface area contributed by atoms with Crippen molar-refractivity contribution < 1.29 is 9.32 Å². The molecule has 5 heteroatoms. The molecule has 0 bridgehead atoms. The van der Waals surface area contributed by atoms with Crippen LogP contribution in [0.3, 0.4) is 0 Å². The number of carbonyl (C=O) groups excluding carboxylic acids is 1. The van der Waals surface area contributed by atoms with E-state index in [-0.39, 0.29) is 11.9 Å². The zero-order chi connectivity index (χ0) is 18.3. The Hall–Kier alpha value is -2.69. The third kappa shape index (κ3) is 2.87. The van der Waals surface area contributed by atoms with Crippen molar-refractivity contribution >= 4 is 17.0 Å². The number of pyridine rings is 1. The molecular formula is C21H23N3O2. The molecule has 0 N–H and O–H groups in total. The van der Waals surface area contributed by atoms with Crippen LogP contribution in [-0.2, 0) is 0 Å². The van der Waals surface area contributed by atoms with Crippen molar-refractivity contribution in [2.45, 2.75) is 46.1 Å². The topological polar surface area (TPSA) is 59.2 Å². The monoisotopic (exact) mass is 349 g/mol. The summed E-state index contributed by atoms with van der Waals surface area (Å²) >= 11 is 0. The zero-order valence-corrected chi connectivity index (χ0v) is 15.5. The minimum atomic E-state index is 0.0456. The highest BCUT2D eigenvalue weighted by Gasteiger charge is 2.28. The summed E-state index contributed by atoms with van der Waals surface area (Å²) < 4.78 is 5.49. The molecule has 1 saturated heterocycles. The zero-order valence-electron chi connectivity index (χ0n) is 15.5. The quantitative estimate of drug-likeness (QED) is 0.682. The van der Waals surface area contributed by atoms with Crippen molar-refractivity contribution in [3.05, 3.63) is 47.2 Å². The molecule has 1 aliphatic heterocycles. The second-order valence-corrected chi connectivity index (χ2v) is 7.23. The van der Waals surface area contributed by atoms with Crippen LogP contribution in [0.1, 0.15) is 47.8 Å². The lowest BCUT2D eigenvalue weighted by molar-refractivity contribution is 0.0637.